The Morgan fingerprint density at radius 1 is 0.600 bits per heavy atom. The summed E-state index contributed by atoms with van der Waals surface area (Å²) < 4.78 is 4.88. The Balaban J connectivity index is 0.000000414. The fraction of sp³-hybridized carbons (Fsp3) is 0.182. The molecule has 8 heteroatoms. The molecule has 3 aromatic carbocycles. The summed E-state index contributed by atoms with van der Waals surface area (Å²) in [6, 6.07) is 20.0. The standard InChI is InChI=1S/C8H9N2.C7H7N2O.C7H7N2.ClH/c1-6-4-3-5-8(10-9)7(6)2;1-10-7-5-3-2-4-6(7)9-8;1-6-4-2-3-5-7(6)9-8;/h3-5H,1-2H3;2-5H,1H3;2-5H,1H3;1H/q3*+1;. The van der Waals surface area contributed by atoms with Gasteiger partial charge in [0.2, 0.25) is 21.9 Å². The minimum atomic E-state index is 0. The summed E-state index contributed by atoms with van der Waals surface area (Å²) in [5, 5.41) is 25.2. The number of halogens is 1. The monoisotopic (exact) mass is 423 g/mol. The molecule has 0 fully saturated rings. The first-order chi connectivity index (χ1) is 14.0. The van der Waals surface area contributed by atoms with E-state index in [1.54, 1.807) is 30.3 Å². The molecule has 0 radical (unpaired) electrons. The van der Waals surface area contributed by atoms with Crippen molar-refractivity contribution in [3.05, 3.63) is 98.3 Å². The van der Waals surface area contributed by atoms with Crippen molar-refractivity contribution >= 4 is 29.5 Å². The lowest BCUT2D eigenvalue weighted by atomic mass is 10.1. The second-order valence-electron chi connectivity index (χ2n) is 5.98. The lowest BCUT2D eigenvalue weighted by Gasteiger charge is -1.91. The van der Waals surface area contributed by atoms with Gasteiger partial charge < -0.3 is 4.74 Å². The van der Waals surface area contributed by atoms with Crippen LogP contribution in [-0.2, 0) is 0 Å². The molecule has 152 valence electrons. The maximum Gasteiger partial charge on any atom is 0.426 e. The van der Waals surface area contributed by atoms with E-state index in [0.717, 1.165) is 16.7 Å². The molecule has 0 heterocycles. The maximum absolute atomic E-state index is 8.47. The molecule has 0 aliphatic rings. The highest BCUT2D eigenvalue weighted by Crippen LogP contribution is 2.25. The van der Waals surface area contributed by atoms with Crippen molar-refractivity contribution in [2.45, 2.75) is 20.8 Å². The predicted octanol–water partition coefficient (Wildman–Crippen LogP) is 7.87. The van der Waals surface area contributed by atoms with E-state index in [0.29, 0.717) is 22.8 Å². The topological polar surface area (TPSA) is 93.7 Å². The van der Waals surface area contributed by atoms with Crippen LogP contribution in [-0.4, -0.2) is 7.11 Å². The zero-order valence-corrected chi connectivity index (χ0v) is 18.2. The second-order valence-corrected chi connectivity index (χ2v) is 5.98. The normalized spacial score (nSPS) is 8.30. The number of hydrogen-bond donors (Lipinski definition) is 0. The number of para-hydroxylation sites is 1. The summed E-state index contributed by atoms with van der Waals surface area (Å²) in [4.78, 5) is 9.22. The molecular weight excluding hydrogens is 400 g/mol. The lowest BCUT2D eigenvalue weighted by Crippen LogP contribution is -1.80. The van der Waals surface area contributed by atoms with Crippen molar-refractivity contribution in [2.75, 3.05) is 7.11 Å². The van der Waals surface area contributed by atoms with E-state index in [9.17, 15) is 0 Å². The highest BCUT2D eigenvalue weighted by atomic mass is 35.5. The molecule has 0 aliphatic heterocycles. The first kappa shape index (κ1) is 26.0. The van der Waals surface area contributed by atoms with Gasteiger partial charge in [0.1, 0.15) is 0 Å². The van der Waals surface area contributed by atoms with Crippen LogP contribution in [0, 0.1) is 36.9 Å². The van der Waals surface area contributed by atoms with E-state index >= 15 is 0 Å². The Bertz CT molecular complexity index is 1080. The predicted molar refractivity (Wildman–Crippen MR) is 122 cm³/mol. The van der Waals surface area contributed by atoms with Crippen LogP contribution in [0.4, 0.5) is 17.1 Å². The van der Waals surface area contributed by atoms with Crippen LogP contribution in [0.25, 0.3) is 14.9 Å². The van der Waals surface area contributed by atoms with Gasteiger partial charge in [-0.3, -0.25) is 0 Å². The van der Waals surface area contributed by atoms with Crippen LogP contribution >= 0.6 is 12.4 Å². The van der Waals surface area contributed by atoms with Crippen molar-refractivity contribution in [1.82, 2.24) is 0 Å². The molecule has 7 nitrogen and oxygen atoms in total. The lowest BCUT2D eigenvalue weighted by molar-refractivity contribution is 0.417. The first-order valence-corrected chi connectivity index (χ1v) is 8.78. The van der Waals surface area contributed by atoms with E-state index in [1.807, 2.05) is 57.2 Å². The second kappa shape index (κ2) is 14.1. The van der Waals surface area contributed by atoms with Crippen LogP contribution < -0.4 is 4.74 Å². The molecule has 0 atom stereocenters. The van der Waals surface area contributed by atoms with Gasteiger partial charge in [-0.15, -0.1) is 12.4 Å². The summed E-state index contributed by atoms with van der Waals surface area (Å²) in [6.45, 7) is 5.82. The van der Waals surface area contributed by atoms with Gasteiger partial charge in [-0.05, 0) is 32.4 Å². The molecular formula is C22H24ClN6O+3. The Hall–Kier alpha value is -3.99. The molecule has 0 N–H and O–H groups in total. The molecule has 0 amide bonds. The van der Waals surface area contributed by atoms with Crippen molar-refractivity contribution in [3.63, 3.8) is 0 Å². The third kappa shape index (κ3) is 7.94. The van der Waals surface area contributed by atoms with E-state index in [1.165, 1.54) is 7.11 Å². The van der Waals surface area contributed by atoms with Gasteiger partial charge >= 0.3 is 17.1 Å². The molecule has 0 saturated heterocycles. The van der Waals surface area contributed by atoms with Crippen LogP contribution in [0.5, 0.6) is 5.75 Å². The van der Waals surface area contributed by atoms with Gasteiger partial charge in [-0.25, -0.2) is 0 Å². The Morgan fingerprint density at radius 3 is 1.50 bits per heavy atom. The Kier molecular flexibility index (Phi) is 12.2. The molecule has 30 heavy (non-hydrogen) atoms. The highest BCUT2D eigenvalue weighted by molar-refractivity contribution is 5.85. The average Bonchev–Trinajstić information content (AvgIpc) is 2.77. The zero-order valence-electron chi connectivity index (χ0n) is 17.4. The van der Waals surface area contributed by atoms with Crippen LogP contribution in [0.15, 0.2) is 66.7 Å². The van der Waals surface area contributed by atoms with Gasteiger partial charge in [0, 0.05) is 29.3 Å². The number of benzene rings is 3. The Morgan fingerprint density at radius 2 is 1.07 bits per heavy atom. The maximum atomic E-state index is 8.47. The summed E-state index contributed by atoms with van der Waals surface area (Å²) in [6.07, 6.45) is 0. The van der Waals surface area contributed by atoms with Crippen molar-refractivity contribution < 1.29 is 4.74 Å². The summed E-state index contributed by atoms with van der Waals surface area (Å²) >= 11 is 0. The summed E-state index contributed by atoms with van der Waals surface area (Å²) in [7, 11) is 1.53. The van der Waals surface area contributed by atoms with Gasteiger partial charge in [0.05, 0.1) is 7.11 Å². The van der Waals surface area contributed by atoms with E-state index in [2.05, 4.69) is 14.9 Å². The minimum Gasteiger partial charge on any atom is -0.489 e. The molecule has 0 bridgehead atoms. The fourth-order valence-electron chi connectivity index (χ4n) is 2.23. The van der Waals surface area contributed by atoms with Gasteiger partial charge in [-0.1, -0.05) is 42.5 Å². The molecule has 0 unspecified atom stereocenters. The van der Waals surface area contributed by atoms with Gasteiger partial charge in [-0.2, -0.15) is 0 Å². The minimum absolute atomic E-state index is 0. The number of hydrogen-bond acceptors (Lipinski definition) is 4. The number of rotatable bonds is 1. The molecule has 3 aromatic rings. The van der Waals surface area contributed by atoms with Crippen LogP contribution in [0.3, 0.4) is 0 Å². The number of nitrogens with zero attached hydrogens (tertiary/aromatic N) is 6. The summed E-state index contributed by atoms with van der Waals surface area (Å²) in [5.41, 5.74) is 4.91. The van der Waals surface area contributed by atoms with E-state index < -0.39 is 0 Å². The number of diazo groups is 3. The average molecular weight is 424 g/mol. The molecule has 0 aromatic heterocycles. The molecule has 0 saturated carbocycles. The van der Waals surface area contributed by atoms with Crippen molar-refractivity contribution in [1.29, 1.82) is 16.2 Å². The third-order valence-electron chi connectivity index (χ3n) is 4.10. The number of aryl methyl sites for hydroxylation is 2. The van der Waals surface area contributed by atoms with Crippen molar-refractivity contribution in [2.24, 2.45) is 0 Å². The van der Waals surface area contributed by atoms with Crippen molar-refractivity contribution in [3.8, 4) is 5.75 Å². The zero-order chi connectivity index (χ0) is 21.6. The van der Waals surface area contributed by atoms with Crippen LogP contribution in [0.2, 0.25) is 0 Å². The van der Waals surface area contributed by atoms with Gasteiger partial charge in [0.25, 0.3) is 0 Å². The van der Waals surface area contributed by atoms with Crippen LogP contribution in [0.1, 0.15) is 16.7 Å². The molecule has 3 rings (SSSR count). The molecule has 0 spiro atoms. The Labute approximate surface area is 182 Å². The van der Waals surface area contributed by atoms with E-state index in [4.69, 9.17) is 20.9 Å². The van der Waals surface area contributed by atoms with E-state index in [-0.39, 0.29) is 12.4 Å². The van der Waals surface area contributed by atoms with Gasteiger partial charge in [0.15, 0.2) is 14.9 Å². The molecule has 0 aliphatic carbocycles. The number of ether oxygens (including phenoxy) is 1. The SMILES string of the molecule is COc1ccccc1[N+]#N.Cc1cccc([N+]#N)c1C.Cc1ccccc1[N+]#N.Cl. The smallest absolute Gasteiger partial charge is 0.426 e. The largest absolute Gasteiger partial charge is 0.489 e. The fourth-order valence-corrected chi connectivity index (χ4v) is 2.23. The highest BCUT2D eigenvalue weighted by Gasteiger charge is 2.11. The summed E-state index contributed by atoms with van der Waals surface area (Å²) in [5.74, 6) is 0.574. The quantitative estimate of drug-likeness (QED) is 0.372. The number of methoxy groups -OCH3 is 1. The third-order valence-corrected chi connectivity index (χ3v) is 4.10. The first-order valence-electron chi connectivity index (χ1n) is 8.78.